The van der Waals surface area contributed by atoms with Gasteiger partial charge in [0.1, 0.15) is 17.5 Å². The van der Waals surface area contributed by atoms with Crippen molar-refractivity contribution < 1.29 is 0 Å². The largest absolute Gasteiger partial charge is 0.356 e. The highest BCUT2D eigenvalue weighted by Crippen LogP contribution is 2.37. The SMILES string of the molecule is CCN(CC)c1nc2c(c(-c3ccnn3C)c1C#N)CCCCC2. The number of hydrogen-bond acceptors (Lipinski definition) is 4. The minimum atomic E-state index is 0.697. The second kappa shape index (κ2) is 7.04. The molecule has 0 radical (unpaired) electrons. The Kier molecular flexibility index (Phi) is 4.84. The Labute approximate surface area is 143 Å². The lowest BCUT2D eigenvalue weighted by Crippen LogP contribution is -2.25. The molecule has 2 aromatic heterocycles. The van der Waals surface area contributed by atoms with Crippen molar-refractivity contribution in [3.63, 3.8) is 0 Å². The maximum Gasteiger partial charge on any atom is 0.147 e. The lowest BCUT2D eigenvalue weighted by atomic mass is 9.94. The van der Waals surface area contributed by atoms with E-state index in [9.17, 15) is 5.26 Å². The Morgan fingerprint density at radius 3 is 2.58 bits per heavy atom. The molecule has 0 saturated heterocycles. The number of nitriles is 1. The smallest absolute Gasteiger partial charge is 0.147 e. The van der Waals surface area contributed by atoms with Crippen molar-refractivity contribution in [2.75, 3.05) is 18.0 Å². The van der Waals surface area contributed by atoms with Gasteiger partial charge in [-0.05, 0) is 51.2 Å². The van der Waals surface area contributed by atoms with Crippen molar-refractivity contribution in [3.05, 3.63) is 29.1 Å². The fourth-order valence-corrected chi connectivity index (χ4v) is 3.66. The van der Waals surface area contributed by atoms with Crippen LogP contribution in [0.1, 0.15) is 49.9 Å². The molecule has 2 aromatic rings. The van der Waals surface area contributed by atoms with Crippen LogP contribution in [-0.4, -0.2) is 27.9 Å². The number of hydrogen-bond donors (Lipinski definition) is 0. The summed E-state index contributed by atoms with van der Waals surface area (Å²) in [6.45, 7) is 5.92. The molecule has 0 N–H and O–H groups in total. The van der Waals surface area contributed by atoms with Gasteiger partial charge < -0.3 is 4.90 Å². The molecule has 5 nitrogen and oxygen atoms in total. The summed E-state index contributed by atoms with van der Waals surface area (Å²) in [5.41, 5.74) is 5.18. The Bertz CT molecular complexity index is 765. The van der Waals surface area contributed by atoms with Gasteiger partial charge >= 0.3 is 0 Å². The summed E-state index contributed by atoms with van der Waals surface area (Å²) in [7, 11) is 1.94. The number of anilines is 1. The molecule has 5 heteroatoms. The third kappa shape index (κ3) is 2.77. The molecule has 0 unspecified atom stereocenters. The van der Waals surface area contributed by atoms with Crippen LogP contribution in [0, 0.1) is 11.3 Å². The van der Waals surface area contributed by atoms with Gasteiger partial charge in [-0.1, -0.05) is 6.42 Å². The van der Waals surface area contributed by atoms with Gasteiger partial charge in [0.15, 0.2) is 0 Å². The summed E-state index contributed by atoms with van der Waals surface area (Å²) in [6.07, 6.45) is 7.36. The third-order valence-corrected chi connectivity index (χ3v) is 4.96. The standard InChI is InChI=1S/C19H25N5/c1-4-24(5-2)19-15(13-20)18(17-11-12-21-23(17)3)14-9-7-6-8-10-16(14)22-19/h11-12H,4-10H2,1-3H3. The van der Waals surface area contributed by atoms with Crippen molar-refractivity contribution in [2.24, 2.45) is 7.05 Å². The third-order valence-electron chi connectivity index (χ3n) is 4.96. The number of aromatic nitrogens is 3. The Balaban J connectivity index is 2.33. The van der Waals surface area contributed by atoms with E-state index in [-0.39, 0.29) is 0 Å². The summed E-state index contributed by atoms with van der Waals surface area (Å²) in [5.74, 6) is 0.833. The molecule has 126 valence electrons. The van der Waals surface area contributed by atoms with Gasteiger partial charge in [0.05, 0.1) is 5.69 Å². The summed E-state index contributed by atoms with van der Waals surface area (Å²) in [5, 5.41) is 14.3. The summed E-state index contributed by atoms with van der Waals surface area (Å²) in [4.78, 5) is 7.14. The van der Waals surface area contributed by atoms with Crippen molar-refractivity contribution in [1.82, 2.24) is 14.8 Å². The van der Waals surface area contributed by atoms with Crippen molar-refractivity contribution >= 4 is 5.82 Å². The van der Waals surface area contributed by atoms with Crippen LogP contribution < -0.4 is 4.90 Å². The van der Waals surface area contributed by atoms with Crippen molar-refractivity contribution in [1.29, 1.82) is 5.26 Å². The van der Waals surface area contributed by atoms with E-state index < -0.39 is 0 Å². The molecule has 24 heavy (non-hydrogen) atoms. The zero-order valence-corrected chi connectivity index (χ0v) is 14.8. The fraction of sp³-hybridized carbons (Fsp3) is 0.526. The van der Waals surface area contributed by atoms with E-state index in [1.54, 1.807) is 6.20 Å². The molecule has 0 aliphatic heterocycles. The first-order valence-electron chi connectivity index (χ1n) is 8.90. The average molecular weight is 323 g/mol. The normalized spacial score (nSPS) is 13.9. The second-order valence-corrected chi connectivity index (χ2v) is 6.30. The quantitative estimate of drug-likeness (QED) is 0.808. The van der Waals surface area contributed by atoms with E-state index in [2.05, 4.69) is 29.9 Å². The van der Waals surface area contributed by atoms with Gasteiger partial charge in [-0.2, -0.15) is 10.4 Å². The fourth-order valence-electron chi connectivity index (χ4n) is 3.66. The first-order chi connectivity index (χ1) is 11.7. The molecule has 1 aliphatic rings. The van der Waals surface area contributed by atoms with Gasteiger partial charge in [0.25, 0.3) is 0 Å². The first kappa shape index (κ1) is 16.5. The molecule has 0 amide bonds. The molecule has 0 aromatic carbocycles. The highest BCUT2D eigenvalue weighted by molar-refractivity contribution is 5.78. The predicted molar refractivity (Wildman–Crippen MR) is 96.0 cm³/mol. The van der Waals surface area contributed by atoms with Crippen molar-refractivity contribution in [2.45, 2.75) is 46.0 Å². The number of fused-ring (bicyclic) bond motifs is 1. The molecular weight excluding hydrogens is 298 g/mol. The van der Waals surface area contributed by atoms with Gasteiger partial charge in [0, 0.05) is 37.6 Å². The first-order valence-corrected chi connectivity index (χ1v) is 8.90. The number of pyridine rings is 1. The minimum absolute atomic E-state index is 0.697. The van der Waals surface area contributed by atoms with E-state index in [0.717, 1.165) is 49.4 Å². The molecule has 0 atom stereocenters. The number of nitrogens with zero attached hydrogens (tertiary/aromatic N) is 5. The van der Waals surface area contributed by atoms with E-state index in [4.69, 9.17) is 4.98 Å². The lowest BCUT2D eigenvalue weighted by molar-refractivity contribution is 0.708. The molecule has 0 saturated carbocycles. The van der Waals surface area contributed by atoms with Crippen LogP contribution in [0.3, 0.4) is 0 Å². The minimum Gasteiger partial charge on any atom is -0.356 e. The maximum atomic E-state index is 9.95. The predicted octanol–water partition coefficient (Wildman–Crippen LogP) is 3.47. The van der Waals surface area contributed by atoms with Crippen LogP contribution in [0.25, 0.3) is 11.3 Å². The van der Waals surface area contributed by atoms with Gasteiger partial charge in [-0.15, -0.1) is 0 Å². The molecule has 0 spiro atoms. The van der Waals surface area contributed by atoms with Crippen LogP contribution in [0.15, 0.2) is 12.3 Å². The zero-order chi connectivity index (χ0) is 17.1. The topological polar surface area (TPSA) is 57.7 Å². The Hall–Kier alpha value is -2.35. The van der Waals surface area contributed by atoms with E-state index >= 15 is 0 Å². The van der Waals surface area contributed by atoms with Crippen LogP contribution in [-0.2, 0) is 19.9 Å². The summed E-state index contributed by atoms with van der Waals surface area (Å²) < 4.78 is 1.87. The van der Waals surface area contributed by atoms with Crippen LogP contribution in [0.5, 0.6) is 0 Å². The molecular formula is C19H25N5. The van der Waals surface area contributed by atoms with Gasteiger partial charge in [0.2, 0.25) is 0 Å². The summed E-state index contributed by atoms with van der Waals surface area (Å²) in [6, 6.07) is 4.46. The lowest BCUT2D eigenvalue weighted by Gasteiger charge is -2.25. The van der Waals surface area contributed by atoms with Crippen LogP contribution in [0.2, 0.25) is 0 Å². The van der Waals surface area contributed by atoms with Gasteiger partial charge in [-0.25, -0.2) is 4.98 Å². The Morgan fingerprint density at radius 2 is 1.96 bits per heavy atom. The van der Waals surface area contributed by atoms with E-state index in [0.29, 0.717) is 5.56 Å². The monoisotopic (exact) mass is 323 g/mol. The highest BCUT2D eigenvalue weighted by atomic mass is 15.3. The molecule has 0 bridgehead atoms. The summed E-state index contributed by atoms with van der Waals surface area (Å²) >= 11 is 0. The van der Waals surface area contributed by atoms with Gasteiger partial charge in [-0.3, -0.25) is 4.68 Å². The van der Waals surface area contributed by atoms with Crippen molar-refractivity contribution in [3.8, 4) is 17.3 Å². The average Bonchev–Trinajstić information content (AvgIpc) is 2.87. The van der Waals surface area contributed by atoms with E-state index in [1.165, 1.54) is 24.1 Å². The molecule has 3 rings (SSSR count). The molecule has 1 aliphatic carbocycles. The zero-order valence-electron chi connectivity index (χ0n) is 14.8. The van der Waals surface area contributed by atoms with Crippen LogP contribution in [0.4, 0.5) is 5.82 Å². The Morgan fingerprint density at radius 1 is 1.21 bits per heavy atom. The molecule has 2 heterocycles. The second-order valence-electron chi connectivity index (χ2n) is 6.30. The van der Waals surface area contributed by atoms with E-state index in [1.807, 2.05) is 17.8 Å². The number of rotatable bonds is 4. The highest BCUT2D eigenvalue weighted by Gasteiger charge is 2.25. The molecule has 0 fully saturated rings. The maximum absolute atomic E-state index is 9.95. The van der Waals surface area contributed by atoms with Crippen LogP contribution >= 0.6 is 0 Å². The number of aryl methyl sites for hydroxylation is 2.